The van der Waals surface area contributed by atoms with Gasteiger partial charge in [0.2, 0.25) is 0 Å². The maximum atomic E-state index is 12.3. The molecule has 0 saturated carbocycles. The minimum atomic E-state index is -2.90. The van der Waals surface area contributed by atoms with Gasteiger partial charge in [-0.2, -0.15) is 8.78 Å². The Labute approximate surface area is 118 Å². The molecule has 1 unspecified atom stereocenters. The predicted octanol–water partition coefficient (Wildman–Crippen LogP) is 3.12. The molecule has 0 aliphatic heterocycles. The number of ether oxygens (including phenoxy) is 1. The summed E-state index contributed by atoms with van der Waals surface area (Å²) in [6, 6.07) is 5.54. The van der Waals surface area contributed by atoms with Gasteiger partial charge in [0.1, 0.15) is 5.75 Å². The van der Waals surface area contributed by atoms with Gasteiger partial charge in [0.15, 0.2) is 0 Å². The fourth-order valence-electron chi connectivity index (χ4n) is 1.74. The van der Waals surface area contributed by atoms with Crippen LogP contribution < -0.4 is 10.5 Å². The molecule has 1 aromatic rings. The van der Waals surface area contributed by atoms with Gasteiger partial charge in [0.25, 0.3) is 0 Å². The lowest BCUT2D eigenvalue weighted by Gasteiger charge is -2.25. The molecule has 0 saturated heterocycles. The minimum Gasteiger partial charge on any atom is -0.434 e. The van der Waals surface area contributed by atoms with Gasteiger partial charge in [-0.15, -0.1) is 12.4 Å². The number of alkyl halides is 2. The zero-order valence-electron chi connectivity index (χ0n) is 10.9. The van der Waals surface area contributed by atoms with Crippen LogP contribution in [0.2, 0.25) is 0 Å². The molecule has 0 aromatic heterocycles. The van der Waals surface area contributed by atoms with Crippen LogP contribution in [-0.4, -0.2) is 17.8 Å². The van der Waals surface area contributed by atoms with Gasteiger partial charge in [-0.05, 0) is 12.0 Å². The van der Waals surface area contributed by atoms with Gasteiger partial charge in [-0.25, -0.2) is 0 Å². The van der Waals surface area contributed by atoms with E-state index in [0.717, 1.165) is 6.42 Å². The summed E-state index contributed by atoms with van der Waals surface area (Å²) in [5.41, 5.74) is 6.31. The smallest absolute Gasteiger partial charge is 0.387 e. The Kier molecular flexibility index (Phi) is 7.90. The highest BCUT2D eigenvalue weighted by molar-refractivity contribution is 5.85. The summed E-state index contributed by atoms with van der Waals surface area (Å²) < 4.78 is 28.9. The number of hydrogen-bond donors (Lipinski definition) is 2. The summed E-state index contributed by atoms with van der Waals surface area (Å²) in [5, 5.41) is 10.0. The Morgan fingerprint density at radius 1 is 1.32 bits per heavy atom. The molecule has 3 atom stereocenters. The molecule has 6 heteroatoms. The van der Waals surface area contributed by atoms with E-state index in [2.05, 4.69) is 4.74 Å². The SMILES string of the molecule is CCC(C)[C@@H](O)[C@@H](N)c1ccccc1OC(F)F.Cl. The van der Waals surface area contributed by atoms with Gasteiger partial charge < -0.3 is 15.6 Å². The maximum absolute atomic E-state index is 12.3. The molecule has 0 aliphatic carbocycles. The van der Waals surface area contributed by atoms with Gasteiger partial charge in [0, 0.05) is 5.56 Å². The molecule has 0 spiro atoms. The number of para-hydroxylation sites is 1. The Morgan fingerprint density at radius 2 is 1.89 bits per heavy atom. The summed E-state index contributed by atoms with van der Waals surface area (Å²) in [4.78, 5) is 0. The standard InChI is InChI=1S/C13H19F2NO2.ClH/c1-3-8(2)12(17)11(16)9-6-4-5-7-10(9)18-13(14)15;/h4-8,11-13,17H,3,16H2,1-2H3;1H/t8?,11-,12+;/m0./s1. The summed E-state index contributed by atoms with van der Waals surface area (Å²) in [5.74, 6) is 0.00181. The first kappa shape index (κ1) is 18.1. The number of aliphatic hydroxyl groups excluding tert-OH is 1. The quantitative estimate of drug-likeness (QED) is 0.848. The Morgan fingerprint density at radius 3 is 2.42 bits per heavy atom. The van der Waals surface area contributed by atoms with Crippen molar-refractivity contribution in [1.29, 1.82) is 0 Å². The monoisotopic (exact) mass is 295 g/mol. The average Bonchev–Trinajstić information content (AvgIpc) is 2.36. The van der Waals surface area contributed by atoms with Crippen LogP contribution in [0.25, 0.3) is 0 Å². The number of rotatable bonds is 6. The van der Waals surface area contributed by atoms with E-state index in [-0.39, 0.29) is 24.1 Å². The van der Waals surface area contributed by atoms with Crippen molar-refractivity contribution in [2.75, 3.05) is 0 Å². The van der Waals surface area contributed by atoms with E-state index >= 15 is 0 Å². The van der Waals surface area contributed by atoms with Crippen LogP contribution in [-0.2, 0) is 0 Å². The van der Waals surface area contributed by atoms with Gasteiger partial charge in [-0.1, -0.05) is 38.5 Å². The van der Waals surface area contributed by atoms with E-state index < -0.39 is 18.8 Å². The first-order chi connectivity index (χ1) is 8.47. The zero-order valence-corrected chi connectivity index (χ0v) is 11.7. The highest BCUT2D eigenvalue weighted by Gasteiger charge is 2.25. The molecule has 0 bridgehead atoms. The molecule has 0 radical (unpaired) electrons. The fourth-order valence-corrected chi connectivity index (χ4v) is 1.74. The summed E-state index contributed by atoms with van der Waals surface area (Å²) in [6.07, 6.45) is -0.0374. The third kappa shape index (κ3) is 4.93. The fraction of sp³-hybridized carbons (Fsp3) is 0.538. The van der Waals surface area contributed by atoms with Gasteiger partial charge in [-0.3, -0.25) is 0 Å². The summed E-state index contributed by atoms with van der Waals surface area (Å²) >= 11 is 0. The molecule has 0 fully saturated rings. The van der Waals surface area contributed by atoms with Crippen LogP contribution in [0.3, 0.4) is 0 Å². The molecule has 1 rings (SSSR count). The number of hydrogen-bond acceptors (Lipinski definition) is 3. The molecule has 0 amide bonds. The molecular weight excluding hydrogens is 276 g/mol. The number of aliphatic hydroxyl groups is 1. The second-order valence-corrected chi connectivity index (χ2v) is 4.32. The van der Waals surface area contributed by atoms with Crippen molar-refractivity contribution < 1.29 is 18.6 Å². The van der Waals surface area contributed by atoms with Crippen LogP contribution in [0.4, 0.5) is 8.78 Å². The van der Waals surface area contributed by atoms with E-state index in [1.807, 2.05) is 13.8 Å². The normalized spacial score (nSPS) is 15.5. The number of halogens is 3. The first-order valence-electron chi connectivity index (χ1n) is 5.94. The molecule has 0 aliphatic rings. The molecule has 3 nitrogen and oxygen atoms in total. The third-order valence-corrected chi connectivity index (χ3v) is 3.09. The predicted molar refractivity (Wildman–Crippen MR) is 72.7 cm³/mol. The van der Waals surface area contributed by atoms with E-state index in [4.69, 9.17) is 5.73 Å². The summed E-state index contributed by atoms with van der Waals surface area (Å²) in [7, 11) is 0. The second-order valence-electron chi connectivity index (χ2n) is 4.32. The Balaban J connectivity index is 0.00000324. The number of nitrogens with two attached hydrogens (primary N) is 1. The average molecular weight is 296 g/mol. The summed E-state index contributed by atoms with van der Waals surface area (Å²) in [6.45, 7) is 0.891. The lowest BCUT2D eigenvalue weighted by Crippen LogP contribution is -2.32. The van der Waals surface area contributed by atoms with Gasteiger partial charge >= 0.3 is 6.61 Å². The molecule has 3 N–H and O–H groups in total. The molecule has 110 valence electrons. The topological polar surface area (TPSA) is 55.5 Å². The third-order valence-electron chi connectivity index (χ3n) is 3.09. The first-order valence-corrected chi connectivity index (χ1v) is 5.94. The lowest BCUT2D eigenvalue weighted by molar-refractivity contribution is -0.0512. The lowest BCUT2D eigenvalue weighted by atomic mass is 9.91. The maximum Gasteiger partial charge on any atom is 0.387 e. The van der Waals surface area contributed by atoms with Crippen LogP contribution >= 0.6 is 12.4 Å². The Bertz CT molecular complexity index is 379. The van der Waals surface area contributed by atoms with Crippen LogP contribution in [0.5, 0.6) is 5.75 Å². The van der Waals surface area contributed by atoms with Crippen molar-refractivity contribution in [2.24, 2.45) is 11.7 Å². The van der Waals surface area contributed by atoms with Crippen LogP contribution in [0, 0.1) is 5.92 Å². The van der Waals surface area contributed by atoms with Crippen LogP contribution in [0.15, 0.2) is 24.3 Å². The van der Waals surface area contributed by atoms with Crippen molar-refractivity contribution >= 4 is 12.4 Å². The number of benzene rings is 1. The van der Waals surface area contributed by atoms with Gasteiger partial charge in [0.05, 0.1) is 12.1 Å². The van der Waals surface area contributed by atoms with E-state index in [1.54, 1.807) is 18.2 Å². The van der Waals surface area contributed by atoms with Crippen LogP contribution in [0.1, 0.15) is 31.9 Å². The van der Waals surface area contributed by atoms with Crippen molar-refractivity contribution in [1.82, 2.24) is 0 Å². The van der Waals surface area contributed by atoms with Crippen molar-refractivity contribution in [3.63, 3.8) is 0 Å². The van der Waals surface area contributed by atoms with E-state index in [9.17, 15) is 13.9 Å². The van der Waals surface area contributed by atoms with Crippen molar-refractivity contribution in [2.45, 2.75) is 39.0 Å². The molecule has 0 heterocycles. The van der Waals surface area contributed by atoms with Crippen molar-refractivity contribution in [3.05, 3.63) is 29.8 Å². The van der Waals surface area contributed by atoms with E-state index in [1.165, 1.54) is 6.07 Å². The van der Waals surface area contributed by atoms with E-state index in [0.29, 0.717) is 5.56 Å². The molecule has 19 heavy (non-hydrogen) atoms. The zero-order chi connectivity index (χ0) is 13.7. The molecule has 1 aromatic carbocycles. The highest BCUT2D eigenvalue weighted by atomic mass is 35.5. The second kappa shape index (κ2) is 8.30. The Hall–Kier alpha value is -0.910. The minimum absolute atomic E-state index is 0. The molecular formula is C13H20ClF2NO2. The largest absolute Gasteiger partial charge is 0.434 e. The van der Waals surface area contributed by atoms with Crippen molar-refractivity contribution in [3.8, 4) is 5.75 Å². The highest BCUT2D eigenvalue weighted by Crippen LogP contribution is 2.29.